The van der Waals surface area contributed by atoms with Crippen molar-refractivity contribution in [3.05, 3.63) is 41.5 Å². The minimum Gasteiger partial charge on any atom is -0.350 e. The molecule has 1 amide bonds. The SMILES string of the molecule is Cc1nnnn1C(Cc1ccc(F)cc1)C(=O)NC(CN)C1CCCCC1.Cl. The molecule has 1 heterocycles. The van der Waals surface area contributed by atoms with Crippen molar-refractivity contribution >= 4 is 18.3 Å². The van der Waals surface area contributed by atoms with Crippen LogP contribution in [-0.2, 0) is 11.2 Å². The zero-order chi connectivity index (χ0) is 19.2. The molecule has 1 aromatic heterocycles. The zero-order valence-electron chi connectivity index (χ0n) is 16.1. The Hall–Kier alpha value is -2.06. The first-order valence-electron chi connectivity index (χ1n) is 9.58. The van der Waals surface area contributed by atoms with E-state index in [1.54, 1.807) is 19.1 Å². The molecule has 28 heavy (non-hydrogen) atoms. The Morgan fingerprint density at radius 1 is 1.29 bits per heavy atom. The Bertz CT molecular complexity index is 747. The average molecular weight is 411 g/mol. The summed E-state index contributed by atoms with van der Waals surface area (Å²) in [7, 11) is 0. The summed E-state index contributed by atoms with van der Waals surface area (Å²) >= 11 is 0. The van der Waals surface area contributed by atoms with Gasteiger partial charge in [-0.1, -0.05) is 31.4 Å². The van der Waals surface area contributed by atoms with Crippen LogP contribution in [0.3, 0.4) is 0 Å². The predicted octanol–water partition coefficient (Wildman–Crippen LogP) is 2.35. The van der Waals surface area contributed by atoms with Crippen molar-refractivity contribution in [2.45, 2.75) is 57.5 Å². The molecule has 1 saturated carbocycles. The summed E-state index contributed by atoms with van der Waals surface area (Å²) in [5.74, 6) is 0.503. The lowest BCUT2D eigenvalue weighted by atomic mass is 9.83. The van der Waals surface area contributed by atoms with E-state index in [1.807, 2.05) is 0 Å². The third-order valence-electron chi connectivity index (χ3n) is 5.40. The lowest BCUT2D eigenvalue weighted by molar-refractivity contribution is -0.125. The number of hydrogen-bond acceptors (Lipinski definition) is 5. The molecule has 1 aliphatic rings. The number of benzene rings is 1. The summed E-state index contributed by atoms with van der Waals surface area (Å²) in [4.78, 5) is 13.1. The van der Waals surface area contributed by atoms with Crippen LogP contribution in [0.25, 0.3) is 0 Å². The van der Waals surface area contributed by atoms with Crippen molar-refractivity contribution in [3.63, 3.8) is 0 Å². The molecule has 2 unspecified atom stereocenters. The molecule has 0 aliphatic heterocycles. The van der Waals surface area contributed by atoms with Crippen LogP contribution in [0.2, 0.25) is 0 Å². The number of tetrazole rings is 1. The van der Waals surface area contributed by atoms with Crippen LogP contribution >= 0.6 is 12.4 Å². The second kappa shape index (κ2) is 10.5. The van der Waals surface area contributed by atoms with Crippen molar-refractivity contribution in [2.24, 2.45) is 11.7 Å². The van der Waals surface area contributed by atoms with Crippen LogP contribution in [0.4, 0.5) is 4.39 Å². The van der Waals surface area contributed by atoms with Gasteiger partial charge < -0.3 is 11.1 Å². The molecular weight excluding hydrogens is 383 g/mol. The van der Waals surface area contributed by atoms with E-state index in [-0.39, 0.29) is 30.2 Å². The van der Waals surface area contributed by atoms with Gasteiger partial charge >= 0.3 is 0 Å². The summed E-state index contributed by atoms with van der Waals surface area (Å²) in [5, 5.41) is 14.7. The van der Waals surface area contributed by atoms with Gasteiger partial charge in [-0.05, 0) is 53.8 Å². The smallest absolute Gasteiger partial charge is 0.245 e. The number of carbonyl (C=O) groups is 1. The summed E-state index contributed by atoms with van der Waals surface area (Å²) in [6.45, 7) is 2.17. The largest absolute Gasteiger partial charge is 0.350 e. The number of nitrogens with zero attached hydrogens (tertiary/aromatic N) is 4. The minimum atomic E-state index is -0.608. The first kappa shape index (κ1) is 22.2. The monoisotopic (exact) mass is 410 g/mol. The van der Waals surface area contributed by atoms with Gasteiger partial charge in [-0.15, -0.1) is 17.5 Å². The molecule has 3 rings (SSSR count). The topological polar surface area (TPSA) is 98.7 Å². The summed E-state index contributed by atoms with van der Waals surface area (Å²) in [5.41, 5.74) is 6.81. The Kier molecular flexibility index (Phi) is 8.32. The van der Waals surface area contributed by atoms with Gasteiger partial charge in [0.15, 0.2) is 0 Å². The molecule has 2 aromatic rings. The van der Waals surface area contributed by atoms with Gasteiger partial charge in [0.25, 0.3) is 0 Å². The fourth-order valence-electron chi connectivity index (χ4n) is 3.84. The first-order valence-corrected chi connectivity index (χ1v) is 9.58. The van der Waals surface area contributed by atoms with Crippen LogP contribution in [0.15, 0.2) is 24.3 Å². The maximum Gasteiger partial charge on any atom is 0.245 e. The summed E-state index contributed by atoms with van der Waals surface area (Å²) in [6, 6.07) is 5.48. The van der Waals surface area contributed by atoms with Crippen LogP contribution in [-0.4, -0.2) is 38.7 Å². The molecule has 1 fully saturated rings. The van der Waals surface area contributed by atoms with Crippen molar-refractivity contribution in [1.82, 2.24) is 25.5 Å². The molecule has 0 spiro atoms. The Labute approximate surface area is 170 Å². The fraction of sp³-hybridized carbons (Fsp3) is 0.579. The van der Waals surface area contributed by atoms with Gasteiger partial charge in [0.2, 0.25) is 5.91 Å². The van der Waals surface area contributed by atoms with Crippen LogP contribution in [0.1, 0.15) is 49.5 Å². The Morgan fingerprint density at radius 2 is 1.96 bits per heavy atom. The van der Waals surface area contributed by atoms with E-state index in [9.17, 15) is 9.18 Å². The van der Waals surface area contributed by atoms with Gasteiger partial charge in [-0.25, -0.2) is 9.07 Å². The fourth-order valence-corrected chi connectivity index (χ4v) is 3.84. The number of amides is 1. The van der Waals surface area contributed by atoms with Crippen molar-refractivity contribution < 1.29 is 9.18 Å². The quantitative estimate of drug-likeness (QED) is 0.730. The number of hydrogen-bond donors (Lipinski definition) is 2. The van der Waals surface area contributed by atoms with Crippen LogP contribution < -0.4 is 11.1 Å². The Morgan fingerprint density at radius 3 is 2.54 bits per heavy atom. The Balaban J connectivity index is 0.00000280. The normalized spacial score (nSPS) is 16.8. The number of aryl methyl sites for hydroxylation is 1. The number of nitrogens with two attached hydrogens (primary N) is 1. The standard InChI is InChI=1S/C19H27FN6O.ClH/c1-13-23-24-25-26(13)18(11-14-7-9-16(20)10-8-14)19(27)22-17(12-21)15-5-3-2-4-6-15;/h7-10,15,17-18H,2-6,11-12,21H2,1H3,(H,22,27);1H. The molecule has 0 radical (unpaired) electrons. The van der Waals surface area contributed by atoms with Gasteiger partial charge in [0, 0.05) is 19.0 Å². The summed E-state index contributed by atoms with van der Waals surface area (Å²) in [6.07, 6.45) is 6.17. The van der Waals surface area contributed by atoms with E-state index in [4.69, 9.17) is 5.73 Å². The molecule has 154 valence electrons. The molecule has 1 aromatic carbocycles. The van der Waals surface area contributed by atoms with Crippen LogP contribution in [0.5, 0.6) is 0 Å². The van der Waals surface area contributed by atoms with E-state index in [1.165, 1.54) is 36.1 Å². The van der Waals surface area contributed by atoms with E-state index in [0.29, 0.717) is 24.7 Å². The summed E-state index contributed by atoms with van der Waals surface area (Å²) < 4.78 is 14.7. The molecule has 9 heteroatoms. The van der Waals surface area contributed by atoms with E-state index >= 15 is 0 Å². The molecule has 7 nitrogen and oxygen atoms in total. The highest BCUT2D eigenvalue weighted by atomic mass is 35.5. The molecule has 3 N–H and O–H groups in total. The third kappa shape index (κ3) is 5.48. The maximum atomic E-state index is 13.2. The van der Waals surface area contributed by atoms with Crippen LogP contribution in [0, 0.1) is 18.7 Å². The van der Waals surface area contributed by atoms with E-state index < -0.39 is 6.04 Å². The second-order valence-corrected chi connectivity index (χ2v) is 7.27. The predicted molar refractivity (Wildman–Crippen MR) is 107 cm³/mol. The van der Waals surface area contributed by atoms with Gasteiger partial charge in [-0.2, -0.15) is 0 Å². The lowest BCUT2D eigenvalue weighted by Crippen LogP contribution is -2.48. The van der Waals surface area contributed by atoms with Crippen molar-refractivity contribution in [1.29, 1.82) is 0 Å². The van der Waals surface area contributed by atoms with E-state index in [2.05, 4.69) is 20.8 Å². The van der Waals surface area contributed by atoms with Gasteiger partial charge in [0.05, 0.1) is 0 Å². The average Bonchev–Trinajstić information content (AvgIpc) is 3.11. The lowest BCUT2D eigenvalue weighted by Gasteiger charge is -2.31. The number of halogens is 2. The second-order valence-electron chi connectivity index (χ2n) is 7.27. The minimum absolute atomic E-state index is 0. The third-order valence-corrected chi connectivity index (χ3v) is 5.40. The number of carbonyl (C=O) groups excluding carboxylic acids is 1. The number of rotatable bonds is 7. The molecule has 0 saturated heterocycles. The first-order chi connectivity index (χ1) is 13.1. The van der Waals surface area contributed by atoms with E-state index in [0.717, 1.165) is 18.4 Å². The number of aromatic nitrogens is 4. The molecule has 1 aliphatic carbocycles. The highest BCUT2D eigenvalue weighted by Crippen LogP contribution is 2.26. The maximum absolute atomic E-state index is 13.2. The highest BCUT2D eigenvalue weighted by molar-refractivity contribution is 5.85. The van der Waals surface area contributed by atoms with Crippen molar-refractivity contribution in [2.75, 3.05) is 6.54 Å². The highest BCUT2D eigenvalue weighted by Gasteiger charge is 2.29. The zero-order valence-corrected chi connectivity index (χ0v) is 16.9. The van der Waals surface area contributed by atoms with Crippen molar-refractivity contribution in [3.8, 4) is 0 Å². The molecular formula is C19H28ClFN6O. The number of nitrogens with one attached hydrogen (secondary N) is 1. The van der Waals surface area contributed by atoms with Gasteiger partial charge in [-0.3, -0.25) is 4.79 Å². The molecule has 0 bridgehead atoms. The molecule has 2 atom stereocenters. The van der Waals surface area contributed by atoms with Gasteiger partial charge in [0.1, 0.15) is 17.7 Å².